The molecule has 0 spiro atoms. The highest BCUT2D eigenvalue weighted by Crippen LogP contribution is 2.30. The highest BCUT2D eigenvalue weighted by molar-refractivity contribution is 7.10. The van der Waals surface area contributed by atoms with Crippen molar-refractivity contribution >= 4 is 17.4 Å². The lowest BCUT2D eigenvalue weighted by molar-refractivity contribution is 0.0452. The lowest BCUT2D eigenvalue weighted by atomic mass is 10.1. The van der Waals surface area contributed by atoms with E-state index in [1.165, 1.54) is 10.4 Å². The lowest BCUT2D eigenvalue weighted by Crippen LogP contribution is -2.47. The zero-order valence-corrected chi connectivity index (χ0v) is 11.9. The Morgan fingerprint density at radius 3 is 3.06 bits per heavy atom. The highest BCUT2D eigenvalue weighted by Gasteiger charge is 2.22. The maximum Gasteiger partial charge on any atom is 0.315 e. The number of hydrogen-bond donors (Lipinski definition) is 2. The molecule has 0 bridgehead atoms. The summed E-state index contributed by atoms with van der Waals surface area (Å²) in [6.45, 7) is 7.13. The van der Waals surface area contributed by atoms with E-state index in [0.717, 1.165) is 13.0 Å². The molecule has 2 rings (SSSR count). The summed E-state index contributed by atoms with van der Waals surface area (Å²) >= 11 is 1.77. The van der Waals surface area contributed by atoms with Crippen molar-refractivity contribution in [2.24, 2.45) is 0 Å². The minimum Gasteiger partial charge on any atom is -0.371 e. The molecular formula is C13H20N2O2S. The maximum atomic E-state index is 11.7. The molecule has 5 heteroatoms. The molecule has 0 aliphatic carbocycles. The van der Waals surface area contributed by atoms with Crippen molar-refractivity contribution in [2.45, 2.75) is 38.8 Å². The lowest BCUT2D eigenvalue weighted by Gasteiger charge is -2.25. The van der Waals surface area contributed by atoms with Gasteiger partial charge in [0.2, 0.25) is 0 Å². The van der Waals surface area contributed by atoms with Crippen molar-refractivity contribution < 1.29 is 9.53 Å². The van der Waals surface area contributed by atoms with Crippen LogP contribution in [0.25, 0.3) is 0 Å². The third kappa shape index (κ3) is 3.46. The van der Waals surface area contributed by atoms with Gasteiger partial charge in [-0.05, 0) is 37.8 Å². The summed E-state index contributed by atoms with van der Waals surface area (Å²) in [5.74, 6) is 0. The second kappa shape index (κ2) is 5.28. The van der Waals surface area contributed by atoms with Crippen LogP contribution in [0.4, 0.5) is 4.79 Å². The first kappa shape index (κ1) is 13.4. The van der Waals surface area contributed by atoms with E-state index in [0.29, 0.717) is 6.54 Å². The summed E-state index contributed by atoms with van der Waals surface area (Å²) in [5.41, 5.74) is 1.01. The molecule has 1 aliphatic rings. The van der Waals surface area contributed by atoms with Crippen LogP contribution in [0.15, 0.2) is 11.4 Å². The third-order valence-electron chi connectivity index (χ3n) is 2.71. The van der Waals surface area contributed by atoms with Crippen molar-refractivity contribution in [2.75, 3.05) is 13.2 Å². The number of amides is 2. The van der Waals surface area contributed by atoms with Crippen molar-refractivity contribution in [3.63, 3.8) is 0 Å². The number of hydrogen-bond acceptors (Lipinski definition) is 3. The molecule has 0 saturated heterocycles. The molecule has 2 amide bonds. The fourth-order valence-corrected chi connectivity index (χ4v) is 2.88. The molecule has 0 radical (unpaired) electrons. The molecule has 0 fully saturated rings. The fourth-order valence-electron chi connectivity index (χ4n) is 1.96. The fraction of sp³-hybridized carbons (Fsp3) is 0.615. The average Bonchev–Trinajstić information content (AvgIpc) is 2.72. The van der Waals surface area contributed by atoms with Gasteiger partial charge in [0.15, 0.2) is 0 Å². The van der Waals surface area contributed by atoms with Crippen LogP contribution < -0.4 is 10.6 Å². The molecule has 0 saturated carbocycles. The van der Waals surface area contributed by atoms with Crippen LogP contribution in [0.5, 0.6) is 0 Å². The normalized spacial score (nSPS) is 19.2. The van der Waals surface area contributed by atoms with E-state index < -0.39 is 0 Å². The molecule has 0 aromatic carbocycles. The highest BCUT2D eigenvalue weighted by atomic mass is 32.1. The van der Waals surface area contributed by atoms with Gasteiger partial charge in [-0.15, -0.1) is 11.3 Å². The number of fused-ring (bicyclic) bond motifs is 1. The molecule has 2 heterocycles. The summed E-state index contributed by atoms with van der Waals surface area (Å²) < 4.78 is 5.71. The average molecular weight is 268 g/mol. The van der Waals surface area contributed by atoms with E-state index in [1.807, 2.05) is 20.8 Å². The first-order chi connectivity index (χ1) is 8.46. The van der Waals surface area contributed by atoms with Crippen LogP contribution in [-0.2, 0) is 11.2 Å². The number of thiophene rings is 1. The van der Waals surface area contributed by atoms with Gasteiger partial charge in [0.1, 0.15) is 6.10 Å². The number of carbonyl (C=O) groups is 1. The summed E-state index contributed by atoms with van der Waals surface area (Å²) in [4.78, 5) is 13.1. The van der Waals surface area contributed by atoms with Crippen LogP contribution >= 0.6 is 11.3 Å². The minimum atomic E-state index is -0.217. The van der Waals surface area contributed by atoms with Crippen LogP contribution in [0.3, 0.4) is 0 Å². The smallest absolute Gasteiger partial charge is 0.315 e. The Hall–Kier alpha value is -1.07. The second-order valence-corrected chi connectivity index (χ2v) is 6.49. The van der Waals surface area contributed by atoms with Gasteiger partial charge in [-0.2, -0.15) is 0 Å². The number of urea groups is 1. The zero-order chi connectivity index (χ0) is 13.2. The minimum absolute atomic E-state index is 0.00859. The standard InChI is InChI=1S/C13H20N2O2S/c1-13(2,3)15-12(16)14-8-10-9-5-7-18-11(9)4-6-17-10/h5,7,10H,4,6,8H2,1-3H3,(H2,14,15,16)/t10-/m0/s1. The predicted octanol–water partition coefficient (Wildman–Crippen LogP) is 2.46. The SMILES string of the molecule is CC(C)(C)NC(=O)NC[C@@H]1OCCc2sccc21. The van der Waals surface area contributed by atoms with Crippen LogP contribution in [0.1, 0.15) is 37.3 Å². The van der Waals surface area contributed by atoms with Crippen LogP contribution in [0, 0.1) is 0 Å². The van der Waals surface area contributed by atoms with Gasteiger partial charge in [-0.25, -0.2) is 4.79 Å². The monoisotopic (exact) mass is 268 g/mol. The Morgan fingerprint density at radius 1 is 1.56 bits per heavy atom. The maximum absolute atomic E-state index is 11.7. The van der Waals surface area contributed by atoms with Gasteiger partial charge in [0.25, 0.3) is 0 Å². The quantitative estimate of drug-likeness (QED) is 0.865. The van der Waals surface area contributed by atoms with Crippen molar-refractivity contribution in [1.82, 2.24) is 10.6 Å². The summed E-state index contributed by atoms with van der Waals surface area (Å²) in [6.07, 6.45) is 0.975. The largest absolute Gasteiger partial charge is 0.371 e. The molecule has 0 unspecified atom stereocenters. The van der Waals surface area contributed by atoms with Crippen molar-refractivity contribution in [1.29, 1.82) is 0 Å². The number of nitrogens with one attached hydrogen (secondary N) is 2. The van der Waals surface area contributed by atoms with E-state index in [2.05, 4.69) is 22.1 Å². The summed E-state index contributed by atoms with van der Waals surface area (Å²) in [7, 11) is 0. The van der Waals surface area contributed by atoms with E-state index in [4.69, 9.17) is 4.74 Å². The number of rotatable bonds is 2. The van der Waals surface area contributed by atoms with Crippen LogP contribution in [0.2, 0.25) is 0 Å². The van der Waals surface area contributed by atoms with Gasteiger partial charge < -0.3 is 15.4 Å². The predicted molar refractivity (Wildman–Crippen MR) is 73.0 cm³/mol. The molecule has 1 aliphatic heterocycles. The van der Waals surface area contributed by atoms with Gasteiger partial charge >= 0.3 is 6.03 Å². The van der Waals surface area contributed by atoms with E-state index in [9.17, 15) is 4.79 Å². The van der Waals surface area contributed by atoms with Crippen LogP contribution in [-0.4, -0.2) is 24.7 Å². The van der Waals surface area contributed by atoms with Gasteiger partial charge in [0, 0.05) is 23.4 Å². The second-order valence-electron chi connectivity index (χ2n) is 5.49. The van der Waals surface area contributed by atoms with Crippen molar-refractivity contribution in [3.05, 3.63) is 21.9 Å². The van der Waals surface area contributed by atoms with Gasteiger partial charge in [0.05, 0.1) is 6.61 Å². The molecule has 1 aromatic heterocycles. The Balaban J connectivity index is 1.87. The first-order valence-electron chi connectivity index (χ1n) is 6.19. The summed E-state index contributed by atoms with van der Waals surface area (Å²) in [5, 5.41) is 7.83. The molecule has 1 atom stereocenters. The Morgan fingerprint density at radius 2 is 2.33 bits per heavy atom. The molecule has 1 aromatic rings. The Kier molecular flexibility index (Phi) is 3.92. The molecule has 2 N–H and O–H groups in total. The molecule has 4 nitrogen and oxygen atoms in total. The number of carbonyl (C=O) groups excluding carboxylic acids is 1. The Labute approximate surface area is 112 Å². The van der Waals surface area contributed by atoms with E-state index in [-0.39, 0.29) is 17.7 Å². The zero-order valence-electron chi connectivity index (χ0n) is 11.1. The van der Waals surface area contributed by atoms with Gasteiger partial charge in [-0.3, -0.25) is 0 Å². The first-order valence-corrected chi connectivity index (χ1v) is 7.07. The molecular weight excluding hydrogens is 248 g/mol. The van der Waals surface area contributed by atoms with Gasteiger partial charge in [-0.1, -0.05) is 0 Å². The van der Waals surface area contributed by atoms with E-state index in [1.54, 1.807) is 11.3 Å². The molecule has 100 valence electrons. The number of ether oxygens (including phenoxy) is 1. The van der Waals surface area contributed by atoms with E-state index >= 15 is 0 Å². The Bertz CT molecular complexity index is 423. The third-order valence-corrected chi connectivity index (χ3v) is 3.71. The van der Waals surface area contributed by atoms with Crippen molar-refractivity contribution in [3.8, 4) is 0 Å². The molecule has 18 heavy (non-hydrogen) atoms. The summed E-state index contributed by atoms with van der Waals surface area (Å²) in [6, 6.07) is 1.95. The topological polar surface area (TPSA) is 50.4 Å².